The first-order valence-electron chi connectivity index (χ1n) is 12.7. The van der Waals surface area contributed by atoms with Crippen molar-refractivity contribution < 1.29 is 13.5 Å². The Kier molecular flexibility index (Phi) is 6.39. The van der Waals surface area contributed by atoms with E-state index in [4.69, 9.17) is 15.5 Å². The van der Waals surface area contributed by atoms with Gasteiger partial charge < -0.3 is 20.3 Å². The second-order valence-corrected chi connectivity index (χ2v) is 9.66. The summed E-state index contributed by atoms with van der Waals surface area (Å²) < 4.78 is 37.6. The Hall–Kier alpha value is -4.07. The highest BCUT2D eigenvalue weighted by molar-refractivity contribution is 5.90. The van der Waals surface area contributed by atoms with Gasteiger partial charge in [0.15, 0.2) is 5.65 Å². The Labute approximate surface area is 218 Å². The van der Waals surface area contributed by atoms with Gasteiger partial charge >= 0.3 is 0 Å². The van der Waals surface area contributed by atoms with E-state index in [0.717, 1.165) is 30.8 Å². The lowest BCUT2D eigenvalue weighted by atomic mass is 10.1. The predicted molar refractivity (Wildman–Crippen MR) is 141 cm³/mol. The van der Waals surface area contributed by atoms with E-state index in [2.05, 4.69) is 14.8 Å². The Morgan fingerprint density at radius 3 is 2.55 bits per heavy atom. The third-order valence-corrected chi connectivity index (χ3v) is 7.22. The second-order valence-electron chi connectivity index (χ2n) is 9.66. The van der Waals surface area contributed by atoms with Crippen LogP contribution in [0.25, 0.3) is 28.2 Å². The second kappa shape index (κ2) is 10.0. The van der Waals surface area contributed by atoms with E-state index in [0.29, 0.717) is 55.4 Å². The van der Waals surface area contributed by atoms with E-state index in [9.17, 15) is 9.65 Å². The number of ether oxygens (including phenoxy) is 1. The number of hydrogen-bond donors (Lipinski definition) is 1. The first-order chi connectivity index (χ1) is 18.5. The lowest BCUT2D eigenvalue weighted by Gasteiger charge is -2.32. The number of piperidine rings is 1. The van der Waals surface area contributed by atoms with Crippen molar-refractivity contribution in [3.05, 3.63) is 65.9 Å². The highest BCUT2D eigenvalue weighted by Crippen LogP contribution is 2.35. The molecule has 4 heterocycles. The molecule has 6 rings (SSSR count). The van der Waals surface area contributed by atoms with Crippen LogP contribution in [0.5, 0.6) is 0 Å². The van der Waals surface area contributed by atoms with Crippen molar-refractivity contribution >= 4 is 22.5 Å². The quantitative estimate of drug-likeness (QED) is 0.439. The number of imidazole rings is 1. The van der Waals surface area contributed by atoms with E-state index in [1.807, 2.05) is 18.2 Å². The maximum atomic E-state index is 15.8. The van der Waals surface area contributed by atoms with E-state index in [1.165, 1.54) is 18.2 Å². The molecule has 4 aromatic rings. The molecule has 2 N–H and O–H groups in total. The molecule has 10 heteroatoms. The normalized spacial score (nSPS) is 18.1. The molecular formula is C28H27F2N7O. The molecule has 2 aromatic carbocycles. The van der Waals surface area contributed by atoms with Crippen molar-refractivity contribution in [3.8, 4) is 23.1 Å². The summed E-state index contributed by atoms with van der Waals surface area (Å²) in [5.74, 6) is -0.777. The molecule has 0 aliphatic carbocycles. The molecule has 0 unspecified atom stereocenters. The largest absolute Gasteiger partial charge is 0.378 e. The van der Waals surface area contributed by atoms with Crippen molar-refractivity contribution in [3.63, 3.8) is 0 Å². The molecule has 2 aromatic heterocycles. The third-order valence-electron chi connectivity index (χ3n) is 7.22. The fraction of sp³-hybridized carbons (Fsp3) is 0.321. The Morgan fingerprint density at radius 1 is 0.974 bits per heavy atom. The zero-order valence-corrected chi connectivity index (χ0v) is 20.8. The summed E-state index contributed by atoms with van der Waals surface area (Å²) in [5, 5.41) is 9.20. The summed E-state index contributed by atoms with van der Waals surface area (Å²) in [6.07, 6.45) is 3.59. The molecule has 194 valence electrons. The van der Waals surface area contributed by atoms with Gasteiger partial charge in [0, 0.05) is 49.7 Å². The number of hydrogen-bond acceptors (Lipinski definition) is 7. The van der Waals surface area contributed by atoms with Crippen LogP contribution in [0.2, 0.25) is 0 Å². The van der Waals surface area contributed by atoms with Crippen molar-refractivity contribution in [2.24, 2.45) is 5.73 Å². The number of aromatic nitrogens is 3. The number of rotatable bonds is 4. The number of benzene rings is 2. The van der Waals surface area contributed by atoms with Gasteiger partial charge in [0.05, 0.1) is 30.2 Å². The molecule has 2 aliphatic heterocycles. The van der Waals surface area contributed by atoms with E-state index in [1.54, 1.807) is 22.9 Å². The van der Waals surface area contributed by atoms with Crippen LogP contribution in [0.4, 0.5) is 20.2 Å². The summed E-state index contributed by atoms with van der Waals surface area (Å²) in [4.78, 5) is 13.7. The van der Waals surface area contributed by atoms with E-state index >= 15 is 4.39 Å². The lowest BCUT2D eigenvalue weighted by molar-refractivity contribution is 0.122. The van der Waals surface area contributed by atoms with Crippen LogP contribution in [0.15, 0.2) is 48.7 Å². The number of nitrogens with zero attached hydrogens (tertiary/aromatic N) is 6. The molecular weight excluding hydrogens is 488 g/mol. The predicted octanol–water partition coefficient (Wildman–Crippen LogP) is 4.00. The van der Waals surface area contributed by atoms with Gasteiger partial charge in [-0.1, -0.05) is 0 Å². The van der Waals surface area contributed by atoms with Crippen LogP contribution < -0.4 is 15.5 Å². The van der Waals surface area contributed by atoms with Crippen LogP contribution in [-0.2, 0) is 4.74 Å². The molecule has 0 bridgehead atoms. The van der Waals surface area contributed by atoms with E-state index in [-0.39, 0.29) is 17.3 Å². The minimum atomic E-state index is -0.665. The first kappa shape index (κ1) is 24.3. The minimum absolute atomic E-state index is 0.0475. The zero-order valence-electron chi connectivity index (χ0n) is 20.8. The van der Waals surface area contributed by atoms with E-state index < -0.39 is 11.6 Å². The number of nitrogens with two attached hydrogens (primary N) is 1. The average Bonchev–Trinajstić information content (AvgIpc) is 3.33. The van der Waals surface area contributed by atoms with Crippen molar-refractivity contribution in [1.82, 2.24) is 14.5 Å². The van der Waals surface area contributed by atoms with Crippen LogP contribution in [0.3, 0.4) is 0 Å². The van der Waals surface area contributed by atoms with Crippen molar-refractivity contribution in [2.75, 3.05) is 49.2 Å². The van der Waals surface area contributed by atoms with Gasteiger partial charge in [-0.25, -0.2) is 18.7 Å². The molecule has 0 saturated carbocycles. The number of fused-ring (bicyclic) bond motifs is 1. The summed E-state index contributed by atoms with van der Waals surface area (Å²) >= 11 is 0. The van der Waals surface area contributed by atoms with Crippen molar-refractivity contribution in [2.45, 2.75) is 18.9 Å². The SMILES string of the molecule is N#Cc1ccc(-c2nc3c(N4CCC[C@@H](N)C4)ccnc3n2-c2ccc(N3CCOCC3)cc2F)cc1F. The number of morpholine rings is 1. The molecule has 38 heavy (non-hydrogen) atoms. The number of halogens is 2. The molecule has 2 fully saturated rings. The van der Waals surface area contributed by atoms with Crippen LogP contribution in [-0.4, -0.2) is 60.0 Å². The Bertz CT molecular complexity index is 1540. The topological polar surface area (TPSA) is 96.2 Å². The summed E-state index contributed by atoms with van der Waals surface area (Å²) in [6.45, 7) is 4.06. The van der Waals surface area contributed by atoms with Gasteiger partial charge in [0.25, 0.3) is 0 Å². The van der Waals surface area contributed by atoms with Gasteiger partial charge in [0.1, 0.15) is 29.0 Å². The number of nitriles is 1. The third kappa shape index (κ3) is 4.34. The lowest BCUT2D eigenvalue weighted by Crippen LogP contribution is -2.42. The number of pyridine rings is 1. The smallest absolute Gasteiger partial charge is 0.167 e. The fourth-order valence-corrected chi connectivity index (χ4v) is 5.31. The Morgan fingerprint density at radius 2 is 1.82 bits per heavy atom. The minimum Gasteiger partial charge on any atom is -0.378 e. The summed E-state index contributed by atoms with van der Waals surface area (Å²) in [5.41, 5.74) is 9.50. The molecule has 8 nitrogen and oxygen atoms in total. The van der Waals surface area contributed by atoms with Crippen LogP contribution in [0.1, 0.15) is 18.4 Å². The van der Waals surface area contributed by atoms with Crippen LogP contribution >= 0.6 is 0 Å². The number of anilines is 2. The van der Waals surface area contributed by atoms with Gasteiger partial charge in [-0.3, -0.25) is 4.57 Å². The molecule has 1 atom stereocenters. The fourth-order valence-electron chi connectivity index (χ4n) is 5.31. The van der Waals surface area contributed by atoms with Gasteiger partial charge in [-0.15, -0.1) is 0 Å². The highest BCUT2D eigenvalue weighted by Gasteiger charge is 2.25. The van der Waals surface area contributed by atoms with Crippen LogP contribution in [0, 0.1) is 23.0 Å². The molecule has 0 spiro atoms. The molecule has 0 radical (unpaired) electrons. The highest BCUT2D eigenvalue weighted by atomic mass is 19.1. The maximum absolute atomic E-state index is 15.8. The zero-order chi connectivity index (χ0) is 26.2. The van der Waals surface area contributed by atoms with Crippen molar-refractivity contribution in [1.29, 1.82) is 5.26 Å². The summed E-state index contributed by atoms with van der Waals surface area (Å²) in [6, 6.07) is 13.1. The van der Waals surface area contributed by atoms with Gasteiger partial charge in [-0.05, 0) is 55.3 Å². The van der Waals surface area contributed by atoms with Gasteiger partial charge in [-0.2, -0.15) is 5.26 Å². The standard InChI is InChI=1S/C28H27F2N7O/c29-22-14-18(3-4-19(22)16-31)27-34-26-25(36-9-1-2-20(32)17-36)7-8-33-28(26)37(27)24-6-5-21(15-23(24)30)35-10-12-38-13-11-35/h3-8,14-15,20H,1-2,9-13,17,32H2/t20-/m1/s1. The average molecular weight is 516 g/mol. The molecule has 0 amide bonds. The first-order valence-corrected chi connectivity index (χ1v) is 12.7. The monoisotopic (exact) mass is 515 g/mol. The Balaban J connectivity index is 1.54. The maximum Gasteiger partial charge on any atom is 0.167 e. The summed E-state index contributed by atoms with van der Waals surface area (Å²) in [7, 11) is 0. The molecule has 2 aliphatic rings. The van der Waals surface area contributed by atoms with Gasteiger partial charge in [0.2, 0.25) is 0 Å². The molecule has 2 saturated heterocycles.